The van der Waals surface area contributed by atoms with Gasteiger partial charge in [-0.2, -0.15) is 0 Å². The van der Waals surface area contributed by atoms with Crippen molar-refractivity contribution in [2.24, 2.45) is 7.05 Å². The summed E-state index contributed by atoms with van der Waals surface area (Å²) in [4.78, 5) is 0.101. The molecule has 0 aliphatic heterocycles. The number of ether oxygens (including phenoxy) is 1. The number of hydrogen-bond donors (Lipinski definition) is 2. The number of nitrogens with one attached hydrogen (secondary N) is 1. The van der Waals surface area contributed by atoms with Crippen LogP contribution in [0.5, 0.6) is 5.88 Å². The van der Waals surface area contributed by atoms with E-state index in [4.69, 9.17) is 9.84 Å². The van der Waals surface area contributed by atoms with Crippen molar-refractivity contribution in [1.82, 2.24) is 9.78 Å². The van der Waals surface area contributed by atoms with Crippen molar-refractivity contribution >= 4 is 15.8 Å². The summed E-state index contributed by atoms with van der Waals surface area (Å²) in [6, 6.07) is 12.2. The lowest BCUT2D eigenvalue weighted by molar-refractivity contribution is 0.196. The van der Waals surface area contributed by atoms with Crippen LogP contribution in [0.3, 0.4) is 0 Å². The highest BCUT2D eigenvalue weighted by molar-refractivity contribution is 7.92. The number of benzene rings is 2. The molecule has 0 amide bonds. The maximum atomic E-state index is 13.4. The lowest BCUT2D eigenvalue weighted by Gasteiger charge is -2.19. The molecule has 1 aromatic heterocycles. The standard InChI is InChI=1S/C22H26FN3O4S/c1-22(2,3)16-7-11-18(12-8-16)31(28,29)25-20-19(15-5-9-17(23)10-6-15)21(24-26(20)4)30-14-13-27/h5-12,25,27H,13-14H2,1-4H3. The largest absolute Gasteiger partial charge is 0.474 e. The number of anilines is 1. The highest BCUT2D eigenvalue weighted by Gasteiger charge is 2.25. The van der Waals surface area contributed by atoms with Gasteiger partial charge in [-0.25, -0.2) is 17.5 Å². The minimum absolute atomic E-state index is 0.0222. The Balaban J connectivity index is 2.03. The number of rotatable bonds is 7. The van der Waals surface area contributed by atoms with E-state index in [9.17, 15) is 12.8 Å². The number of aliphatic hydroxyl groups is 1. The summed E-state index contributed by atoms with van der Waals surface area (Å²) in [5.41, 5.74) is 1.78. The Labute approximate surface area is 181 Å². The third-order valence-corrected chi connectivity index (χ3v) is 6.09. The van der Waals surface area contributed by atoms with Crippen LogP contribution in [0.25, 0.3) is 11.1 Å². The molecule has 9 heteroatoms. The van der Waals surface area contributed by atoms with E-state index >= 15 is 0 Å². The molecule has 0 fully saturated rings. The van der Waals surface area contributed by atoms with Crippen molar-refractivity contribution in [1.29, 1.82) is 0 Å². The van der Waals surface area contributed by atoms with Crippen LogP contribution in [0, 0.1) is 5.82 Å². The Morgan fingerprint density at radius 1 is 1.10 bits per heavy atom. The van der Waals surface area contributed by atoms with Gasteiger partial charge in [-0.1, -0.05) is 45.0 Å². The summed E-state index contributed by atoms with van der Waals surface area (Å²) < 4.78 is 49.0. The van der Waals surface area contributed by atoms with Gasteiger partial charge < -0.3 is 9.84 Å². The van der Waals surface area contributed by atoms with E-state index in [0.717, 1.165) is 5.56 Å². The second kappa shape index (κ2) is 8.68. The zero-order valence-corrected chi connectivity index (χ0v) is 18.7. The van der Waals surface area contributed by atoms with E-state index in [-0.39, 0.29) is 35.2 Å². The fourth-order valence-electron chi connectivity index (χ4n) is 3.06. The van der Waals surface area contributed by atoms with Gasteiger partial charge in [0.05, 0.1) is 17.1 Å². The lowest BCUT2D eigenvalue weighted by atomic mass is 9.87. The SMILES string of the molecule is Cn1nc(OCCO)c(-c2ccc(F)cc2)c1NS(=O)(=O)c1ccc(C(C)(C)C)cc1. The van der Waals surface area contributed by atoms with Crippen LogP contribution in [0.15, 0.2) is 53.4 Å². The number of aliphatic hydroxyl groups excluding tert-OH is 1. The highest BCUT2D eigenvalue weighted by atomic mass is 32.2. The van der Waals surface area contributed by atoms with Gasteiger partial charge in [0.25, 0.3) is 10.0 Å². The van der Waals surface area contributed by atoms with Crippen molar-refractivity contribution in [2.45, 2.75) is 31.1 Å². The predicted molar refractivity (Wildman–Crippen MR) is 117 cm³/mol. The van der Waals surface area contributed by atoms with E-state index in [2.05, 4.69) is 9.82 Å². The fraction of sp³-hybridized carbons (Fsp3) is 0.318. The second-order valence-electron chi connectivity index (χ2n) is 8.11. The quantitative estimate of drug-likeness (QED) is 0.576. The summed E-state index contributed by atoms with van der Waals surface area (Å²) in [6.45, 7) is 5.89. The Bertz CT molecular complexity index is 1150. The second-order valence-corrected chi connectivity index (χ2v) is 9.79. The summed E-state index contributed by atoms with van der Waals surface area (Å²) in [5, 5.41) is 13.3. The Morgan fingerprint density at radius 2 is 1.71 bits per heavy atom. The van der Waals surface area contributed by atoms with Gasteiger partial charge in [0.15, 0.2) is 0 Å². The molecular formula is C22H26FN3O4S. The summed E-state index contributed by atoms with van der Waals surface area (Å²) in [6.07, 6.45) is 0. The van der Waals surface area contributed by atoms with Crippen LogP contribution in [0.4, 0.5) is 10.2 Å². The van der Waals surface area contributed by atoms with Crippen LogP contribution in [-0.4, -0.2) is 36.5 Å². The summed E-state index contributed by atoms with van der Waals surface area (Å²) in [5.74, 6) is -0.130. The molecule has 0 saturated heterocycles. The first-order valence-corrected chi connectivity index (χ1v) is 11.2. The molecule has 2 N–H and O–H groups in total. The molecule has 3 rings (SSSR count). The molecule has 0 aliphatic rings. The molecule has 166 valence electrons. The van der Waals surface area contributed by atoms with Crippen LogP contribution >= 0.6 is 0 Å². The third kappa shape index (κ3) is 5.05. The topological polar surface area (TPSA) is 93.4 Å². The van der Waals surface area contributed by atoms with E-state index in [1.54, 1.807) is 31.3 Å². The highest BCUT2D eigenvalue weighted by Crippen LogP contribution is 2.37. The van der Waals surface area contributed by atoms with E-state index in [1.165, 1.54) is 28.9 Å². The molecule has 2 aromatic carbocycles. The van der Waals surface area contributed by atoms with Crippen molar-refractivity contribution in [3.8, 4) is 17.0 Å². The lowest BCUT2D eigenvalue weighted by Crippen LogP contribution is -2.17. The minimum atomic E-state index is -3.93. The molecule has 0 spiro atoms. The van der Waals surface area contributed by atoms with Gasteiger partial charge in [0.2, 0.25) is 5.88 Å². The van der Waals surface area contributed by atoms with Gasteiger partial charge >= 0.3 is 0 Å². The number of aromatic nitrogens is 2. The number of aryl methyl sites for hydroxylation is 1. The third-order valence-electron chi connectivity index (χ3n) is 4.74. The minimum Gasteiger partial charge on any atom is -0.474 e. The smallest absolute Gasteiger partial charge is 0.263 e. The molecule has 0 aliphatic carbocycles. The monoisotopic (exact) mass is 447 g/mol. The van der Waals surface area contributed by atoms with E-state index in [0.29, 0.717) is 11.1 Å². The van der Waals surface area contributed by atoms with E-state index < -0.39 is 15.8 Å². The Morgan fingerprint density at radius 3 is 2.26 bits per heavy atom. The number of halogens is 1. The van der Waals surface area contributed by atoms with Gasteiger partial charge in [-0.3, -0.25) is 4.72 Å². The average molecular weight is 448 g/mol. The van der Waals surface area contributed by atoms with Crippen molar-refractivity contribution in [3.05, 3.63) is 59.9 Å². The summed E-state index contributed by atoms with van der Waals surface area (Å²) >= 11 is 0. The van der Waals surface area contributed by atoms with Crippen molar-refractivity contribution < 1.29 is 22.7 Å². The molecule has 1 heterocycles. The maximum absolute atomic E-state index is 13.4. The van der Waals surface area contributed by atoms with Gasteiger partial charge in [0, 0.05) is 7.05 Å². The van der Waals surface area contributed by atoms with Gasteiger partial charge in [-0.05, 0) is 40.8 Å². The molecule has 7 nitrogen and oxygen atoms in total. The fourth-order valence-corrected chi connectivity index (χ4v) is 4.16. The first-order chi connectivity index (χ1) is 14.5. The van der Waals surface area contributed by atoms with Gasteiger partial charge in [-0.15, -0.1) is 5.10 Å². The van der Waals surface area contributed by atoms with Crippen molar-refractivity contribution in [2.75, 3.05) is 17.9 Å². The van der Waals surface area contributed by atoms with Crippen LogP contribution in [0.1, 0.15) is 26.3 Å². The molecule has 0 bridgehead atoms. The predicted octanol–water partition coefficient (Wildman–Crippen LogP) is 3.70. The Kier molecular flexibility index (Phi) is 6.38. The molecule has 0 radical (unpaired) electrons. The number of sulfonamides is 1. The van der Waals surface area contributed by atoms with E-state index in [1.807, 2.05) is 20.8 Å². The maximum Gasteiger partial charge on any atom is 0.263 e. The molecule has 0 unspecified atom stereocenters. The van der Waals surface area contributed by atoms with Crippen LogP contribution in [0.2, 0.25) is 0 Å². The molecule has 31 heavy (non-hydrogen) atoms. The Hall–Kier alpha value is -2.91. The molecular weight excluding hydrogens is 421 g/mol. The van der Waals surface area contributed by atoms with Crippen LogP contribution < -0.4 is 9.46 Å². The zero-order valence-electron chi connectivity index (χ0n) is 17.9. The van der Waals surface area contributed by atoms with Gasteiger partial charge in [0.1, 0.15) is 18.2 Å². The van der Waals surface area contributed by atoms with Crippen molar-refractivity contribution in [3.63, 3.8) is 0 Å². The number of nitrogens with zero attached hydrogens (tertiary/aromatic N) is 2. The number of hydrogen-bond acceptors (Lipinski definition) is 5. The summed E-state index contributed by atoms with van der Waals surface area (Å²) in [7, 11) is -2.36. The van der Waals surface area contributed by atoms with Crippen LogP contribution in [-0.2, 0) is 22.5 Å². The first kappa shape index (κ1) is 22.8. The first-order valence-electron chi connectivity index (χ1n) is 9.73. The average Bonchev–Trinajstić information content (AvgIpc) is 3.01. The molecule has 3 aromatic rings. The molecule has 0 atom stereocenters. The normalized spacial score (nSPS) is 12.1. The zero-order chi connectivity index (χ0) is 22.8. The molecule has 0 saturated carbocycles.